The first-order valence-corrected chi connectivity index (χ1v) is 15.8. The minimum atomic E-state index is -3.78. The van der Waals surface area contributed by atoms with E-state index in [0.717, 1.165) is 37.1 Å². The Balaban J connectivity index is 2.31. The fraction of sp³-hybridized carbons (Fsp3) is 0.621. The van der Waals surface area contributed by atoms with Crippen molar-refractivity contribution in [3.8, 4) is 6.07 Å². The number of hydrogen-bond donors (Lipinski definition) is 3. The van der Waals surface area contributed by atoms with Crippen molar-refractivity contribution in [1.29, 1.82) is 5.26 Å². The minimum absolute atomic E-state index is 0.0251. The van der Waals surface area contributed by atoms with Gasteiger partial charge in [0.25, 0.3) is 0 Å². The van der Waals surface area contributed by atoms with Crippen LogP contribution in [0.4, 0.5) is 8.78 Å². The first-order chi connectivity index (χ1) is 19.5. The molecule has 0 unspecified atom stereocenters. The van der Waals surface area contributed by atoms with Crippen LogP contribution in [0.25, 0.3) is 0 Å². The van der Waals surface area contributed by atoms with E-state index in [9.17, 15) is 31.9 Å². The van der Waals surface area contributed by atoms with E-state index in [1.807, 2.05) is 19.9 Å². The van der Waals surface area contributed by atoms with Crippen molar-refractivity contribution >= 4 is 21.7 Å². The van der Waals surface area contributed by atoms with Crippen molar-refractivity contribution in [3.05, 3.63) is 47.5 Å². The molecule has 228 valence electrons. The third-order valence-electron chi connectivity index (χ3n) is 6.76. The number of esters is 1. The Bertz CT molecular complexity index is 1160. The zero-order valence-electron chi connectivity index (χ0n) is 23.7. The lowest BCUT2D eigenvalue weighted by Gasteiger charge is -2.27. The molecule has 0 heterocycles. The number of rotatable bonds is 19. The molecule has 0 aromatic heterocycles. The molecule has 3 atom stereocenters. The van der Waals surface area contributed by atoms with Crippen molar-refractivity contribution in [2.45, 2.75) is 88.7 Å². The molecule has 0 saturated heterocycles. The number of sulfone groups is 1. The number of nitrogens with one attached hydrogen (secondary N) is 2. The third kappa shape index (κ3) is 12.7. The molecule has 0 bridgehead atoms. The second-order valence-corrected chi connectivity index (χ2v) is 12.7. The summed E-state index contributed by atoms with van der Waals surface area (Å²) in [4.78, 5) is 25.6. The normalized spacial score (nSPS) is 15.8. The number of carbonyl (C=O) groups excluding carboxylic acids is 2. The maximum atomic E-state index is 13.9. The Morgan fingerprint density at radius 2 is 1.80 bits per heavy atom. The van der Waals surface area contributed by atoms with Crippen molar-refractivity contribution < 1.29 is 36.6 Å². The van der Waals surface area contributed by atoms with Gasteiger partial charge in [0.05, 0.1) is 41.6 Å². The highest BCUT2D eigenvalue weighted by atomic mass is 32.2. The summed E-state index contributed by atoms with van der Waals surface area (Å²) in [7, 11) is -3.78. The molecular weight excluding hydrogens is 556 g/mol. The zero-order chi connectivity index (χ0) is 30.4. The summed E-state index contributed by atoms with van der Waals surface area (Å²) in [5.41, 5.74) is 0.199. The standard InChI is InChI=1S/C29H41F2N3O6S/c1-3-6-25(7-4-2)41(38,39)19-21(8-11-28(36)40-13-5-12-32)29(37)34-26(27(35)18-33-24-9-10-24)16-20-14-22(30)17-23(31)15-20/h8,11,14-15,17,21,24-27,33,35H,3-7,9-10,13,16,18-19H2,1-2H3,(H,34,37)/b11-8-/t21-,26+,27-/m1/s1. The smallest absolute Gasteiger partial charge is 0.330 e. The van der Waals surface area contributed by atoms with Crippen LogP contribution in [0.5, 0.6) is 0 Å². The number of benzene rings is 1. The van der Waals surface area contributed by atoms with Gasteiger partial charge in [0, 0.05) is 24.7 Å². The van der Waals surface area contributed by atoms with Crippen molar-refractivity contribution in [1.82, 2.24) is 10.6 Å². The van der Waals surface area contributed by atoms with Crippen LogP contribution in [0.2, 0.25) is 0 Å². The highest BCUT2D eigenvalue weighted by Crippen LogP contribution is 2.21. The quantitative estimate of drug-likeness (QED) is 0.125. The predicted molar refractivity (Wildman–Crippen MR) is 150 cm³/mol. The van der Waals surface area contributed by atoms with Gasteiger partial charge in [-0.2, -0.15) is 5.26 Å². The molecule has 1 aromatic carbocycles. The number of ether oxygens (including phenoxy) is 1. The lowest BCUT2D eigenvalue weighted by atomic mass is 9.99. The summed E-state index contributed by atoms with van der Waals surface area (Å²) in [6.45, 7) is 3.69. The van der Waals surface area contributed by atoms with Gasteiger partial charge in [0.2, 0.25) is 5.91 Å². The molecule has 2 rings (SSSR count). The van der Waals surface area contributed by atoms with Crippen molar-refractivity contribution in [2.24, 2.45) is 5.92 Å². The first kappa shape index (κ1) is 34.3. The van der Waals surface area contributed by atoms with Crippen LogP contribution in [-0.4, -0.2) is 67.7 Å². The van der Waals surface area contributed by atoms with Crippen LogP contribution >= 0.6 is 0 Å². The average Bonchev–Trinajstić information content (AvgIpc) is 3.73. The molecule has 9 nitrogen and oxygen atoms in total. The fourth-order valence-electron chi connectivity index (χ4n) is 4.47. The molecule has 1 aliphatic rings. The summed E-state index contributed by atoms with van der Waals surface area (Å²) in [5.74, 6) is -5.12. The molecule has 0 aliphatic heterocycles. The fourth-order valence-corrected chi connectivity index (χ4v) is 6.69. The highest BCUT2D eigenvalue weighted by Gasteiger charge is 2.33. The van der Waals surface area contributed by atoms with Gasteiger partial charge in [-0.3, -0.25) is 4.79 Å². The largest absolute Gasteiger partial charge is 0.461 e. The molecule has 12 heteroatoms. The molecular formula is C29H41F2N3O6S. The van der Waals surface area contributed by atoms with E-state index in [1.54, 1.807) is 0 Å². The van der Waals surface area contributed by atoms with Gasteiger partial charge >= 0.3 is 5.97 Å². The molecule has 1 saturated carbocycles. The summed E-state index contributed by atoms with van der Waals surface area (Å²) < 4.78 is 59.3. The van der Waals surface area contributed by atoms with E-state index in [2.05, 4.69) is 10.6 Å². The average molecular weight is 598 g/mol. The van der Waals surface area contributed by atoms with Crippen LogP contribution in [0, 0.1) is 28.9 Å². The van der Waals surface area contributed by atoms with Gasteiger partial charge in [-0.15, -0.1) is 0 Å². The number of amides is 1. The zero-order valence-corrected chi connectivity index (χ0v) is 24.5. The monoisotopic (exact) mass is 597 g/mol. The lowest BCUT2D eigenvalue weighted by molar-refractivity contribution is -0.137. The van der Waals surface area contributed by atoms with Crippen LogP contribution in [0.15, 0.2) is 30.4 Å². The van der Waals surface area contributed by atoms with E-state index in [-0.39, 0.29) is 37.6 Å². The molecule has 1 amide bonds. The number of hydrogen-bond acceptors (Lipinski definition) is 8. The lowest BCUT2D eigenvalue weighted by Crippen LogP contribution is -2.51. The van der Waals surface area contributed by atoms with Crippen LogP contribution < -0.4 is 10.6 Å². The van der Waals surface area contributed by atoms with Gasteiger partial charge in [0.1, 0.15) is 18.2 Å². The second kappa shape index (κ2) is 17.2. The first-order valence-electron chi connectivity index (χ1n) is 14.1. The van der Waals surface area contributed by atoms with Gasteiger partial charge in [0.15, 0.2) is 9.84 Å². The summed E-state index contributed by atoms with van der Waals surface area (Å²) in [5, 5.41) is 24.7. The van der Waals surface area contributed by atoms with E-state index in [4.69, 9.17) is 10.00 Å². The molecule has 0 radical (unpaired) electrons. The van der Waals surface area contributed by atoms with Crippen LogP contribution in [0.3, 0.4) is 0 Å². The number of aliphatic hydroxyl groups excluding tert-OH is 1. The van der Waals surface area contributed by atoms with Gasteiger partial charge in [-0.05, 0) is 49.8 Å². The maximum absolute atomic E-state index is 13.9. The third-order valence-corrected chi connectivity index (χ3v) is 9.07. The Morgan fingerprint density at radius 1 is 1.17 bits per heavy atom. The number of halogens is 2. The van der Waals surface area contributed by atoms with Crippen LogP contribution in [0.1, 0.15) is 64.4 Å². The SMILES string of the molecule is CCCC(CCC)S(=O)(=O)C[C@@H](/C=C\C(=O)OCCC#N)C(=O)N[C@@H](Cc1cc(F)cc(F)c1)[C@H](O)CNC1CC1. The van der Waals surface area contributed by atoms with Gasteiger partial charge in [-0.25, -0.2) is 22.0 Å². The topological polar surface area (TPSA) is 146 Å². The molecule has 41 heavy (non-hydrogen) atoms. The number of nitrogens with zero attached hydrogens (tertiary/aromatic N) is 1. The summed E-state index contributed by atoms with van der Waals surface area (Å²) in [6, 6.07) is 3.98. The Labute approximate surface area is 241 Å². The molecule has 1 aromatic rings. The second-order valence-electron chi connectivity index (χ2n) is 10.4. The maximum Gasteiger partial charge on any atom is 0.330 e. The number of aliphatic hydroxyl groups is 1. The van der Waals surface area contributed by atoms with Gasteiger partial charge < -0.3 is 20.5 Å². The Morgan fingerprint density at radius 3 is 2.37 bits per heavy atom. The Hall–Kier alpha value is -2.88. The van der Waals surface area contributed by atoms with Crippen LogP contribution in [-0.2, 0) is 30.6 Å². The van der Waals surface area contributed by atoms with Gasteiger partial charge in [-0.1, -0.05) is 32.8 Å². The summed E-state index contributed by atoms with van der Waals surface area (Å²) >= 11 is 0. The highest BCUT2D eigenvalue weighted by molar-refractivity contribution is 7.92. The minimum Gasteiger partial charge on any atom is -0.461 e. The van der Waals surface area contributed by atoms with Crippen molar-refractivity contribution in [2.75, 3.05) is 18.9 Å². The number of carbonyl (C=O) groups is 2. The van der Waals surface area contributed by atoms with E-state index in [0.29, 0.717) is 31.7 Å². The van der Waals surface area contributed by atoms with E-state index >= 15 is 0 Å². The molecule has 0 spiro atoms. The molecule has 1 fully saturated rings. The Kier molecular flexibility index (Phi) is 14.4. The van der Waals surface area contributed by atoms with E-state index < -0.39 is 62.4 Å². The molecule has 3 N–H and O–H groups in total. The predicted octanol–water partition coefficient (Wildman–Crippen LogP) is 3.12. The van der Waals surface area contributed by atoms with Crippen molar-refractivity contribution in [3.63, 3.8) is 0 Å². The van der Waals surface area contributed by atoms with E-state index in [1.165, 1.54) is 0 Å². The number of nitriles is 1. The molecule has 1 aliphatic carbocycles. The summed E-state index contributed by atoms with van der Waals surface area (Å²) in [6.07, 6.45) is 4.80.